The van der Waals surface area contributed by atoms with Crippen molar-refractivity contribution < 1.29 is 14.5 Å². The number of benzene rings is 2. The van der Waals surface area contributed by atoms with Gasteiger partial charge >= 0.3 is 5.97 Å². The SMILES string of the molecule is CCOC(=O)c1[nH]c2c(cc(C=C[N+](=O)[O-])c3ccccc32)c1C. The van der Waals surface area contributed by atoms with Crippen LogP contribution >= 0.6 is 0 Å². The highest BCUT2D eigenvalue weighted by atomic mass is 16.6. The Balaban J connectivity index is 2.32. The maximum absolute atomic E-state index is 12.1. The Hall–Kier alpha value is -3.15. The van der Waals surface area contributed by atoms with Crippen LogP contribution in [0.1, 0.15) is 28.5 Å². The molecule has 0 aliphatic carbocycles. The molecule has 0 spiro atoms. The van der Waals surface area contributed by atoms with Crippen LogP contribution in [0.5, 0.6) is 0 Å². The molecule has 0 fully saturated rings. The Morgan fingerprint density at radius 3 is 2.67 bits per heavy atom. The van der Waals surface area contributed by atoms with Crippen LogP contribution in [0, 0.1) is 17.0 Å². The van der Waals surface area contributed by atoms with Gasteiger partial charge in [0.1, 0.15) is 5.69 Å². The number of aryl methyl sites for hydroxylation is 1. The van der Waals surface area contributed by atoms with Gasteiger partial charge in [-0.3, -0.25) is 10.1 Å². The summed E-state index contributed by atoms with van der Waals surface area (Å²) < 4.78 is 5.09. The van der Waals surface area contributed by atoms with Crippen LogP contribution in [0.15, 0.2) is 36.5 Å². The molecule has 0 atom stereocenters. The molecule has 0 saturated heterocycles. The van der Waals surface area contributed by atoms with Gasteiger partial charge in [0, 0.05) is 16.8 Å². The van der Waals surface area contributed by atoms with Crippen LogP contribution in [0.4, 0.5) is 0 Å². The van der Waals surface area contributed by atoms with Gasteiger partial charge in [-0.25, -0.2) is 4.79 Å². The molecule has 0 amide bonds. The normalized spacial score (nSPS) is 11.4. The summed E-state index contributed by atoms with van der Waals surface area (Å²) >= 11 is 0. The summed E-state index contributed by atoms with van der Waals surface area (Å²) in [5.41, 5.74) is 2.73. The Morgan fingerprint density at radius 1 is 1.29 bits per heavy atom. The molecule has 0 saturated carbocycles. The maximum Gasteiger partial charge on any atom is 0.355 e. The lowest BCUT2D eigenvalue weighted by Crippen LogP contribution is -2.06. The number of nitrogens with zero attached hydrogens (tertiary/aromatic N) is 1. The molecule has 6 heteroatoms. The molecule has 2 aromatic carbocycles. The van der Waals surface area contributed by atoms with Crippen LogP contribution < -0.4 is 0 Å². The largest absolute Gasteiger partial charge is 0.461 e. The van der Waals surface area contributed by atoms with Crippen molar-refractivity contribution in [1.82, 2.24) is 4.98 Å². The van der Waals surface area contributed by atoms with E-state index in [2.05, 4.69) is 4.98 Å². The number of fused-ring (bicyclic) bond motifs is 3. The van der Waals surface area contributed by atoms with Crippen molar-refractivity contribution in [3.63, 3.8) is 0 Å². The summed E-state index contributed by atoms with van der Waals surface area (Å²) in [6, 6.07) is 9.44. The van der Waals surface area contributed by atoms with E-state index in [-0.39, 0.29) is 0 Å². The summed E-state index contributed by atoms with van der Waals surface area (Å²) in [4.78, 5) is 25.4. The minimum Gasteiger partial charge on any atom is -0.461 e. The zero-order chi connectivity index (χ0) is 17.3. The highest BCUT2D eigenvalue weighted by molar-refractivity contribution is 6.12. The van der Waals surface area contributed by atoms with E-state index >= 15 is 0 Å². The zero-order valence-electron chi connectivity index (χ0n) is 13.3. The second kappa shape index (κ2) is 6.16. The van der Waals surface area contributed by atoms with Gasteiger partial charge in [-0.15, -0.1) is 0 Å². The molecule has 3 aromatic rings. The van der Waals surface area contributed by atoms with Crippen LogP contribution in [0.2, 0.25) is 0 Å². The number of rotatable bonds is 4. The summed E-state index contributed by atoms with van der Waals surface area (Å²) in [5.74, 6) is -0.405. The minimum atomic E-state index is -0.493. The number of carbonyl (C=O) groups is 1. The number of carbonyl (C=O) groups excluding carboxylic acids is 1. The van der Waals surface area contributed by atoms with E-state index in [1.54, 1.807) is 6.92 Å². The first-order chi connectivity index (χ1) is 11.5. The molecule has 122 valence electrons. The molecule has 24 heavy (non-hydrogen) atoms. The minimum absolute atomic E-state index is 0.297. The second-order valence-electron chi connectivity index (χ2n) is 5.38. The van der Waals surface area contributed by atoms with Gasteiger partial charge < -0.3 is 9.72 Å². The summed E-state index contributed by atoms with van der Waals surface area (Å²) in [6.45, 7) is 3.89. The Bertz CT molecular complexity index is 986. The zero-order valence-corrected chi connectivity index (χ0v) is 13.3. The van der Waals surface area contributed by atoms with E-state index in [0.717, 1.165) is 39.0 Å². The maximum atomic E-state index is 12.1. The first-order valence-corrected chi connectivity index (χ1v) is 7.55. The van der Waals surface area contributed by atoms with Crippen molar-refractivity contribution in [2.45, 2.75) is 13.8 Å². The molecule has 3 rings (SSSR count). The fraction of sp³-hybridized carbons (Fsp3) is 0.167. The van der Waals surface area contributed by atoms with Crippen LogP contribution in [0.3, 0.4) is 0 Å². The van der Waals surface area contributed by atoms with Crippen LogP contribution in [0.25, 0.3) is 27.8 Å². The number of H-pyrrole nitrogens is 1. The average Bonchev–Trinajstić information content (AvgIpc) is 2.90. The molecule has 0 aliphatic heterocycles. The number of nitro groups is 1. The molecule has 1 heterocycles. The number of hydrogen-bond donors (Lipinski definition) is 1. The smallest absolute Gasteiger partial charge is 0.355 e. The number of ether oxygens (including phenoxy) is 1. The van der Waals surface area contributed by atoms with Gasteiger partial charge in [0.25, 0.3) is 0 Å². The van der Waals surface area contributed by atoms with Gasteiger partial charge in [0.15, 0.2) is 0 Å². The Morgan fingerprint density at radius 2 is 2.00 bits per heavy atom. The van der Waals surface area contributed by atoms with Crippen LogP contribution in [-0.2, 0) is 4.74 Å². The summed E-state index contributed by atoms with van der Waals surface area (Å²) in [7, 11) is 0. The third-order valence-electron chi connectivity index (χ3n) is 3.96. The number of aromatic amines is 1. The number of hydrogen-bond acceptors (Lipinski definition) is 4. The molecule has 1 N–H and O–H groups in total. The van der Waals surface area contributed by atoms with E-state index in [1.807, 2.05) is 37.3 Å². The van der Waals surface area contributed by atoms with Crippen molar-refractivity contribution in [3.8, 4) is 0 Å². The number of aromatic nitrogens is 1. The molecule has 0 unspecified atom stereocenters. The molecule has 1 aromatic heterocycles. The lowest BCUT2D eigenvalue weighted by molar-refractivity contribution is -0.400. The van der Waals surface area contributed by atoms with E-state index in [4.69, 9.17) is 4.74 Å². The molecule has 0 radical (unpaired) electrons. The quantitative estimate of drug-likeness (QED) is 0.445. The lowest BCUT2D eigenvalue weighted by Gasteiger charge is -2.04. The summed E-state index contributed by atoms with van der Waals surface area (Å²) in [5, 5.41) is 13.3. The van der Waals surface area contributed by atoms with Gasteiger partial charge in [0.2, 0.25) is 6.20 Å². The van der Waals surface area contributed by atoms with E-state index in [9.17, 15) is 14.9 Å². The predicted octanol–water partition coefficient (Wildman–Crippen LogP) is 4.05. The Kier molecular flexibility index (Phi) is 4.04. The Labute approximate surface area is 137 Å². The average molecular weight is 324 g/mol. The van der Waals surface area contributed by atoms with Crippen molar-refractivity contribution in [2.24, 2.45) is 0 Å². The number of nitrogens with one attached hydrogen (secondary N) is 1. The van der Waals surface area contributed by atoms with Gasteiger partial charge in [-0.2, -0.15) is 0 Å². The van der Waals surface area contributed by atoms with Crippen molar-refractivity contribution in [2.75, 3.05) is 6.61 Å². The summed E-state index contributed by atoms with van der Waals surface area (Å²) in [6.07, 6.45) is 2.39. The van der Waals surface area contributed by atoms with E-state index < -0.39 is 10.9 Å². The lowest BCUT2D eigenvalue weighted by atomic mass is 9.99. The van der Waals surface area contributed by atoms with Gasteiger partial charge in [-0.05, 0) is 36.4 Å². The molecule has 6 nitrogen and oxygen atoms in total. The first kappa shape index (κ1) is 15.7. The standard InChI is InChI=1S/C18H16N2O4/c1-3-24-18(21)16-11(2)15-10-12(8-9-20(22)23)13-6-4-5-7-14(13)17(15)19-16/h4-10,19H,3H2,1-2H3. The molecule has 0 aliphatic rings. The molecular formula is C18H16N2O4. The highest BCUT2D eigenvalue weighted by Gasteiger charge is 2.18. The third kappa shape index (κ3) is 2.62. The fourth-order valence-corrected chi connectivity index (χ4v) is 2.87. The third-order valence-corrected chi connectivity index (χ3v) is 3.96. The fourth-order valence-electron chi connectivity index (χ4n) is 2.87. The molecule has 0 bridgehead atoms. The van der Waals surface area contributed by atoms with Crippen molar-refractivity contribution in [1.29, 1.82) is 0 Å². The van der Waals surface area contributed by atoms with Gasteiger partial charge in [0.05, 0.1) is 17.0 Å². The van der Waals surface area contributed by atoms with Crippen molar-refractivity contribution >= 4 is 33.7 Å². The predicted molar refractivity (Wildman–Crippen MR) is 92.5 cm³/mol. The first-order valence-electron chi connectivity index (χ1n) is 7.55. The van der Waals surface area contributed by atoms with Crippen molar-refractivity contribution in [3.05, 3.63) is 63.5 Å². The monoisotopic (exact) mass is 324 g/mol. The van der Waals surface area contributed by atoms with Crippen LogP contribution in [-0.4, -0.2) is 22.5 Å². The van der Waals surface area contributed by atoms with Gasteiger partial charge in [-0.1, -0.05) is 24.3 Å². The highest BCUT2D eigenvalue weighted by Crippen LogP contribution is 2.32. The molecular weight excluding hydrogens is 308 g/mol. The number of esters is 1. The topological polar surface area (TPSA) is 85.2 Å². The van der Waals surface area contributed by atoms with E-state index in [0.29, 0.717) is 12.3 Å². The van der Waals surface area contributed by atoms with E-state index in [1.165, 1.54) is 6.08 Å². The second-order valence-corrected chi connectivity index (χ2v) is 5.38.